The first-order valence-corrected chi connectivity index (χ1v) is 6.46. The van der Waals surface area contributed by atoms with E-state index in [1.54, 1.807) is 0 Å². The number of hydrogen-bond donors (Lipinski definition) is 1. The molecule has 0 saturated heterocycles. The smallest absolute Gasteiger partial charge is 0.0924 e. The Morgan fingerprint density at radius 1 is 1.38 bits per heavy atom. The van der Waals surface area contributed by atoms with Gasteiger partial charge in [-0.25, -0.2) is 0 Å². The minimum absolute atomic E-state index is 0.433. The molecule has 0 bridgehead atoms. The van der Waals surface area contributed by atoms with Crippen LogP contribution >= 0.6 is 0 Å². The predicted molar refractivity (Wildman–Crippen MR) is 67.3 cm³/mol. The van der Waals surface area contributed by atoms with Crippen molar-refractivity contribution < 1.29 is 5.11 Å². The minimum atomic E-state index is -0.570. The molecular weight excluding hydrogens is 196 g/mol. The monoisotopic (exact) mass is 218 g/mol. The van der Waals surface area contributed by atoms with E-state index in [9.17, 15) is 5.11 Å². The first-order valence-electron chi connectivity index (χ1n) is 6.46. The first-order chi connectivity index (χ1) is 7.66. The van der Waals surface area contributed by atoms with E-state index in [2.05, 4.69) is 38.1 Å². The summed E-state index contributed by atoms with van der Waals surface area (Å²) in [5, 5.41) is 10.9. The molecule has 0 radical (unpaired) electrons. The van der Waals surface area contributed by atoms with Crippen LogP contribution in [0.25, 0.3) is 0 Å². The molecule has 1 saturated carbocycles. The van der Waals surface area contributed by atoms with E-state index in [-0.39, 0.29) is 0 Å². The van der Waals surface area contributed by atoms with Crippen molar-refractivity contribution in [2.75, 3.05) is 0 Å². The van der Waals surface area contributed by atoms with E-state index in [1.807, 2.05) is 0 Å². The number of aliphatic hydroxyl groups is 1. The van der Waals surface area contributed by atoms with Crippen molar-refractivity contribution in [2.24, 2.45) is 5.92 Å². The molecule has 0 spiro atoms. The van der Waals surface area contributed by atoms with Crippen LogP contribution in [-0.4, -0.2) is 5.11 Å². The molecule has 1 aliphatic carbocycles. The predicted octanol–water partition coefficient (Wildman–Crippen LogP) is 3.78. The van der Waals surface area contributed by atoms with Gasteiger partial charge in [0.25, 0.3) is 0 Å². The lowest BCUT2D eigenvalue weighted by atomic mass is 9.70. The van der Waals surface area contributed by atoms with E-state index in [0.717, 1.165) is 24.8 Å². The van der Waals surface area contributed by atoms with Gasteiger partial charge in [-0.1, -0.05) is 56.0 Å². The molecule has 2 rings (SSSR count). The molecule has 1 aliphatic rings. The fraction of sp³-hybridized carbons (Fsp3) is 0.600. The minimum Gasteiger partial charge on any atom is -0.385 e. The van der Waals surface area contributed by atoms with Crippen molar-refractivity contribution in [2.45, 2.75) is 51.6 Å². The fourth-order valence-corrected chi connectivity index (χ4v) is 3.06. The fourth-order valence-electron chi connectivity index (χ4n) is 3.06. The maximum atomic E-state index is 10.9. The third-order valence-corrected chi connectivity index (χ3v) is 4.05. The van der Waals surface area contributed by atoms with Crippen molar-refractivity contribution in [3.8, 4) is 0 Å². The Kier molecular flexibility index (Phi) is 3.34. The second-order valence-corrected chi connectivity index (χ2v) is 5.14. The second-order valence-electron chi connectivity index (χ2n) is 5.14. The number of aryl methyl sites for hydroxylation is 1. The van der Waals surface area contributed by atoms with Gasteiger partial charge in [-0.3, -0.25) is 0 Å². The van der Waals surface area contributed by atoms with Crippen LogP contribution in [-0.2, 0) is 5.60 Å². The number of rotatable bonds is 2. The van der Waals surface area contributed by atoms with Crippen LogP contribution in [0.1, 0.15) is 50.2 Å². The van der Waals surface area contributed by atoms with E-state index in [1.165, 1.54) is 18.4 Å². The zero-order valence-electron chi connectivity index (χ0n) is 10.4. The van der Waals surface area contributed by atoms with Gasteiger partial charge in [0, 0.05) is 0 Å². The van der Waals surface area contributed by atoms with Crippen LogP contribution in [0, 0.1) is 12.8 Å². The van der Waals surface area contributed by atoms with Crippen LogP contribution in [0.5, 0.6) is 0 Å². The maximum absolute atomic E-state index is 10.9. The summed E-state index contributed by atoms with van der Waals surface area (Å²) < 4.78 is 0. The molecule has 0 aromatic heterocycles. The van der Waals surface area contributed by atoms with E-state index in [4.69, 9.17) is 0 Å². The van der Waals surface area contributed by atoms with Crippen molar-refractivity contribution in [3.05, 3.63) is 35.4 Å². The molecule has 0 amide bonds. The van der Waals surface area contributed by atoms with Gasteiger partial charge in [-0.15, -0.1) is 0 Å². The highest BCUT2D eigenvalue weighted by Gasteiger charge is 2.39. The molecule has 2 unspecified atom stereocenters. The van der Waals surface area contributed by atoms with E-state index in [0.29, 0.717) is 5.92 Å². The molecule has 16 heavy (non-hydrogen) atoms. The Balaban J connectivity index is 2.34. The number of hydrogen-bond acceptors (Lipinski definition) is 1. The molecule has 0 aliphatic heterocycles. The van der Waals surface area contributed by atoms with Crippen LogP contribution in [0.15, 0.2) is 24.3 Å². The van der Waals surface area contributed by atoms with Crippen LogP contribution in [0.2, 0.25) is 0 Å². The molecule has 1 nitrogen and oxygen atoms in total. The molecule has 1 fully saturated rings. The Bertz CT molecular complexity index is 358. The average Bonchev–Trinajstić information content (AvgIpc) is 2.30. The molecule has 1 N–H and O–H groups in total. The summed E-state index contributed by atoms with van der Waals surface area (Å²) in [6.07, 6.45) is 5.59. The SMILES string of the molecule is CCC1CCCCC1(O)c1cccc(C)c1. The first kappa shape index (κ1) is 11.7. The summed E-state index contributed by atoms with van der Waals surface area (Å²) in [6, 6.07) is 8.38. The molecule has 1 aromatic rings. The summed E-state index contributed by atoms with van der Waals surface area (Å²) in [7, 11) is 0. The zero-order chi connectivity index (χ0) is 11.6. The summed E-state index contributed by atoms with van der Waals surface area (Å²) in [4.78, 5) is 0. The Hall–Kier alpha value is -0.820. The van der Waals surface area contributed by atoms with Crippen LogP contribution in [0.4, 0.5) is 0 Å². The Morgan fingerprint density at radius 3 is 2.88 bits per heavy atom. The summed E-state index contributed by atoms with van der Waals surface area (Å²) in [5.74, 6) is 0.433. The van der Waals surface area contributed by atoms with Crippen LogP contribution in [0.3, 0.4) is 0 Å². The van der Waals surface area contributed by atoms with Crippen molar-refractivity contribution in [1.29, 1.82) is 0 Å². The van der Waals surface area contributed by atoms with Gasteiger partial charge in [0.2, 0.25) is 0 Å². The van der Waals surface area contributed by atoms with Gasteiger partial charge >= 0.3 is 0 Å². The van der Waals surface area contributed by atoms with Crippen molar-refractivity contribution >= 4 is 0 Å². The summed E-state index contributed by atoms with van der Waals surface area (Å²) in [6.45, 7) is 4.29. The Morgan fingerprint density at radius 2 is 2.19 bits per heavy atom. The third kappa shape index (κ3) is 2.01. The van der Waals surface area contributed by atoms with Gasteiger partial charge in [-0.05, 0) is 31.2 Å². The molecular formula is C15H22O. The van der Waals surface area contributed by atoms with E-state index < -0.39 is 5.60 Å². The largest absolute Gasteiger partial charge is 0.385 e. The highest BCUT2D eigenvalue weighted by atomic mass is 16.3. The summed E-state index contributed by atoms with van der Waals surface area (Å²) >= 11 is 0. The Labute approximate surface area is 98.5 Å². The lowest BCUT2D eigenvalue weighted by Gasteiger charge is -2.40. The quantitative estimate of drug-likeness (QED) is 0.801. The van der Waals surface area contributed by atoms with Crippen molar-refractivity contribution in [1.82, 2.24) is 0 Å². The summed E-state index contributed by atoms with van der Waals surface area (Å²) in [5.41, 5.74) is 1.80. The molecule has 2 atom stereocenters. The van der Waals surface area contributed by atoms with Gasteiger partial charge in [0.1, 0.15) is 0 Å². The van der Waals surface area contributed by atoms with Gasteiger partial charge in [-0.2, -0.15) is 0 Å². The lowest BCUT2D eigenvalue weighted by molar-refractivity contribution is -0.0557. The molecule has 0 heterocycles. The lowest BCUT2D eigenvalue weighted by Crippen LogP contribution is -2.37. The molecule has 1 heteroatoms. The normalized spacial score (nSPS) is 30.3. The van der Waals surface area contributed by atoms with E-state index >= 15 is 0 Å². The molecule has 88 valence electrons. The zero-order valence-corrected chi connectivity index (χ0v) is 10.4. The average molecular weight is 218 g/mol. The van der Waals surface area contributed by atoms with Crippen LogP contribution < -0.4 is 0 Å². The highest BCUT2D eigenvalue weighted by Crippen LogP contribution is 2.43. The van der Waals surface area contributed by atoms with Gasteiger partial charge in [0.15, 0.2) is 0 Å². The standard InChI is InChI=1S/C15H22O/c1-3-13-8-4-5-10-15(13,16)14-9-6-7-12(2)11-14/h6-7,9,11,13,16H,3-5,8,10H2,1-2H3. The van der Waals surface area contributed by atoms with Gasteiger partial charge in [0.05, 0.1) is 5.60 Å². The molecule has 1 aromatic carbocycles. The third-order valence-electron chi connectivity index (χ3n) is 4.05. The van der Waals surface area contributed by atoms with Crippen molar-refractivity contribution in [3.63, 3.8) is 0 Å². The topological polar surface area (TPSA) is 20.2 Å². The maximum Gasteiger partial charge on any atom is 0.0924 e. The highest BCUT2D eigenvalue weighted by molar-refractivity contribution is 5.28. The van der Waals surface area contributed by atoms with Gasteiger partial charge < -0.3 is 5.11 Å². The number of benzene rings is 1. The second kappa shape index (κ2) is 4.58.